The maximum absolute atomic E-state index is 11.4. The van der Waals surface area contributed by atoms with E-state index in [1.807, 2.05) is 12.1 Å². The summed E-state index contributed by atoms with van der Waals surface area (Å²) >= 11 is 5.27. The van der Waals surface area contributed by atoms with Gasteiger partial charge in [-0.05, 0) is 36.0 Å². The van der Waals surface area contributed by atoms with Crippen LogP contribution in [0.25, 0.3) is 0 Å². The van der Waals surface area contributed by atoms with Crippen LogP contribution in [0.3, 0.4) is 0 Å². The number of carbonyl (C=O) groups excluding carboxylic acids is 1. The number of nitrogens with two attached hydrogens (primary N) is 1. The third kappa shape index (κ3) is 3.97. The summed E-state index contributed by atoms with van der Waals surface area (Å²) in [4.78, 5) is 12.6. The average molecular weight is 344 g/mol. The minimum Gasteiger partial charge on any atom is -0.469 e. The fourth-order valence-corrected chi connectivity index (χ4v) is 3.90. The van der Waals surface area contributed by atoms with Crippen LogP contribution in [0.2, 0.25) is 0 Å². The molecule has 3 nitrogen and oxygen atoms in total. The van der Waals surface area contributed by atoms with Gasteiger partial charge in [-0.2, -0.15) is 0 Å². The smallest absolute Gasteiger partial charge is 0.306 e. The SMILES string of the molecule is COC(=O)CC1(CSc2cc(Br)ccc2CN)CC1. The molecule has 0 heterocycles. The number of halogens is 1. The Morgan fingerprint density at radius 2 is 2.26 bits per heavy atom. The monoisotopic (exact) mass is 343 g/mol. The van der Waals surface area contributed by atoms with Crippen molar-refractivity contribution >= 4 is 33.7 Å². The predicted molar refractivity (Wildman–Crippen MR) is 81.1 cm³/mol. The Bertz CT molecular complexity index is 475. The molecule has 2 N–H and O–H groups in total. The lowest BCUT2D eigenvalue weighted by molar-refractivity contribution is -0.141. The topological polar surface area (TPSA) is 52.3 Å². The van der Waals surface area contributed by atoms with Gasteiger partial charge in [0.1, 0.15) is 0 Å². The minimum absolute atomic E-state index is 0.105. The van der Waals surface area contributed by atoms with Gasteiger partial charge in [-0.1, -0.05) is 22.0 Å². The minimum atomic E-state index is -0.105. The molecular weight excluding hydrogens is 326 g/mol. The van der Waals surface area contributed by atoms with Crippen molar-refractivity contribution in [3.63, 3.8) is 0 Å². The summed E-state index contributed by atoms with van der Waals surface area (Å²) in [6.45, 7) is 0.541. The quantitative estimate of drug-likeness (QED) is 0.635. The molecule has 1 saturated carbocycles. The van der Waals surface area contributed by atoms with Gasteiger partial charge in [0, 0.05) is 21.7 Å². The van der Waals surface area contributed by atoms with Crippen LogP contribution in [0.4, 0.5) is 0 Å². The summed E-state index contributed by atoms with van der Waals surface area (Å²) in [5.41, 5.74) is 7.05. The highest BCUT2D eigenvalue weighted by Crippen LogP contribution is 2.52. The third-order valence-electron chi connectivity index (χ3n) is 3.49. The summed E-state index contributed by atoms with van der Waals surface area (Å²) in [6, 6.07) is 6.15. The average Bonchev–Trinajstić information content (AvgIpc) is 3.16. The standard InChI is InChI=1S/C14H18BrNO2S/c1-18-13(17)7-14(4-5-14)9-19-12-6-11(15)3-2-10(12)8-16/h2-3,6H,4-5,7-9,16H2,1H3. The van der Waals surface area contributed by atoms with Crippen molar-refractivity contribution in [1.29, 1.82) is 0 Å². The fraction of sp³-hybridized carbons (Fsp3) is 0.500. The summed E-state index contributed by atoms with van der Waals surface area (Å²) in [5.74, 6) is 0.845. The third-order valence-corrected chi connectivity index (χ3v) is 5.43. The Morgan fingerprint density at radius 3 is 2.84 bits per heavy atom. The second-order valence-electron chi connectivity index (χ2n) is 5.00. The van der Waals surface area contributed by atoms with Crippen LogP contribution in [0.1, 0.15) is 24.8 Å². The number of thioether (sulfide) groups is 1. The van der Waals surface area contributed by atoms with Gasteiger partial charge in [-0.25, -0.2) is 0 Å². The van der Waals surface area contributed by atoms with Crippen molar-refractivity contribution in [2.75, 3.05) is 12.9 Å². The van der Waals surface area contributed by atoms with Crippen molar-refractivity contribution in [3.8, 4) is 0 Å². The molecule has 0 saturated heterocycles. The van der Waals surface area contributed by atoms with E-state index in [4.69, 9.17) is 10.5 Å². The van der Waals surface area contributed by atoms with Gasteiger partial charge >= 0.3 is 5.97 Å². The number of hydrogen-bond donors (Lipinski definition) is 1. The van der Waals surface area contributed by atoms with Gasteiger partial charge in [0.05, 0.1) is 13.5 Å². The van der Waals surface area contributed by atoms with Gasteiger partial charge in [0.25, 0.3) is 0 Å². The van der Waals surface area contributed by atoms with E-state index in [1.165, 1.54) is 12.0 Å². The molecule has 5 heteroatoms. The largest absolute Gasteiger partial charge is 0.469 e. The Hall–Kier alpha value is -0.520. The van der Waals surface area contributed by atoms with Gasteiger partial charge in [0.15, 0.2) is 0 Å². The summed E-state index contributed by atoms with van der Waals surface area (Å²) in [5, 5.41) is 0. The molecular formula is C14H18BrNO2S. The first-order chi connectivity index (χ1) is 9.08. The molecule has 0 amide bonds. The van der Waals surface area contributed by atoms with Gasteiger partial charge in [0.2, 0.25) is 0 Å². The van der Waals surface area contributed by atoms with E-state index in [0.717, 1.165) is 28.6 Å². The van der Waals surface area contributed by atoms with Crippen molar-refractivity contribution in [1.82, 2.24) is 0 Å². The van der Waals surface area contributed by atoms with E-state index >= 15 is 0 Å². The van der Waals surface area contributed by atoms with Gasteiger partial charge in [-0.15, -0.1) is 11.8 Å². The van der Waals surface area contributed by atoms with Crippen LogP contribution in [-0.4, -0.2) is 18.8 Å². The number of benzene rings is 1. The van der Waals surface area contributed by atoms with Crippen LogP contribution in [-0.2, 0) is 16.1 Å². The zero-order valence-electron chi connectivity index (χ0n) is 10.9. The number of hydrogen-bond acceptors (Lipinski definition) is 4. The molecule has 0 atom stereocenters. The van der Waals surface area contributed by atoms with Crippen LogP contribution >= 0.6 is 27.7 Å². The Labute approximate surface area is 126 Å². The summed E-state index contributed by atoms with van der Waals surface area (Å²) in [6.07, 6.45) is 2.75. The number of carbonyl (C=O) groups is 1. The molecule has 1 aromatic rings. The maximum atomic E-state index is 11.4. The van der Waals surface area contributed by atoms with Crippen LogP contribution in [0, 0.1) is 5.41 Å². The highest BCUT2D eigenvalue weighted by molar-refractivity contribution is 9.10. The zero-order valence-corrected chi connectivity index (χ0v) is 13.4. The van der Waals surface area contributed by atoms with E-state index in [2.05, 4.69) is 22.0 Å². The lowest BCUT2D eigenvalue weighted by Gasteiger charge is -2.15. The molecule has 19 heavy (non-hydrogen) atoms. The first kappa shape index (κ1) is 14.9. The first-order valence-electron chi connectivity index (χ1n) is 6.27. The second-order valence-corrected chi connectivity index (χ2v) is 6.93. The summed E-state index contributed by atoms with van der Waals surface area (Å²) < 4.78 is 5.83. The van der Waals surface area contributed by atoms with Crippen molar-refractivity contribution in [2.45, 2.75) is 30.7 Å². The highest BCUT2D eigenvalue weighted by atomic mass is 79.9. The summed E-state index contributed by atoms with van der Waals surface area (Å²) in [7, 11) is 1.45. The van der Waals surface area contributed by atoms with Gasteiger partial charge in [-0.3, -0.25) is 4.79 Å². The van der Waals surface area contributed by atoms with Crippen LogP contribution in [0.15, 0.2) is 27.6 Å². The van der Waals surface area contributed by atoms with Crippen LogP contribution < -0.4 is 5.73 Å². The molecule has 1 aromatic carbocycles. The van der Waals surface area contributed by atoms with E-state index in [1.54, 1.807) is 11.8 Å². The molecule has 1 aliphatic rings. The first-order valence-corrected chi connectivity index (χ1v) is 8.04. The maximum Gasteiger partial charge on any atom is 0.306 e. The molecule has 1 aliphatic carbocycles. The number of ether oxygens (including phenoxy) is 1. The molecule has 0 bridgehead atoms. The number of methoxy groups -OCH3 is 1. The molecule has 104 valence electrons. The molecule has 0 radical (unpaired) electrons. The Morgan fingerprint density at radius 1 is 1.53 bits per heavy atom. The predicted octanol–water partition coefficient (Wildman–Crippen LogP) is 3.34. The van der Waals surface area contributed by atoms with E-state index in [9.17, 15) is 4.79 Å². The molecule has 2 rings (SSSR count). The van der Waals surface area contributed by atoms with E-state index < -0.39 is 0 Å². The van der Waals surface area contributed by atoms with Gasteiger partial charge < -0.3 is 10.5 Å². The van der Waals surface area contributed by atoms with E-state index in [-0.39, 0.29) is 11.4 Å². The Kier molecular flexibility index (Phi) is 4.92. The molecule has 0 aliphatic heterocycles. The second kappa shape index (κ2) is 6.29. The Balaban J connectivity index is 1.99. The van der Waals surface area contributed by atoms with E-state index in [0.29, 0.717) is 13.0 Å². The lowest BCUT2D eigenvalue weighted by atomic mass is 10.1. The van der Waals surface area contributed by atoms with Crippen molar-refractivity contribution < 1.29 is 9.53 Å². The van der Waals surface area contributed by atoms with Crippen molar-refractivity contribution in [2.24, 2.45) is 11.1 Å². The number of rotatable bonds is 6. The molecule has 0 aromatic heterocycles. The molecule has 1 fully saturated rings. The molecule has 0 spiro atoms. The van der Waals surface area contributed by atoms with Crippen LogP contribution in [0.5, 0.6) is 0 Å². The fourth-order valence-electron chi connectivity index (χ4n) is 1.99. The number of esters is 1. The lowest BCUT2D eigenvalue weighted by Crippen LogP contribution is -2.13. The highest BCUT2D eigenvalue weighted by Gasteiger charge is 2.44. The van der Waals surface area contributed by atoms with Crippen molar-refractivity contribution in [3.05, 3.63) is 28.2 Å². The zero-order chi connectivity index (χ0) is 13.9. The normalized spacial score (nSPS) is 16.2. The molecule has 0 unspecified atom stereocenters.